The topological polar surface area (TPSA) is 510 Å². The van der Waals surface area contributed by atoms with Crippen LogP contribution < -0.4 is 41.2 Å². The van der Waals surface area contributed by atoms with E-state index in [2.05, 4.69) is 32.2 Å². The molecule has 4 aromatic rings. The normalized spacial score (nSPS) is 26.4. The Kier molecular flexibility index (Phi) is 22.4. The number of aliphatic hydroxyl groups is 8. The lowest BCUT2D eigenvalue weighted by atomic mass is 9.96. The first-order valence-corrected chi connectivity index (χ1v) is 29.5. The van der Waals surface area contributed by atoms with E-state index in [0.29, 0.717) is 56.9 Å². The van der Waals surface area contributed by atoms with Crippen LogP contribution in [0.15, 0.2) is 77.3 Å². The van der Waals surface area contributed by atoms with Gasteiger partial charge >= 0.3 is 10.4 Å². The van der Waals surface area contributed by atoms with Crippen LogP contribution in [0.5, 0.6) is 17.2 Å². The molecule has 89 heavy (non-hydrogen) atoms. The average Bonchev–Trinajstić information content (AvgIpc) is 1.84. The van der Waals surface area contributed by atoms with E-state index >= 15 is 0 Å². The van der Waals surface area contributed by atoms with Crippen LogP contribution in [0.4, 0.5) is 0 Å². The number of nitrogens with one attached hydrogen (secondary N) is 5. The first-order chi connectivity index (χ1) is 42.0. The number of hydrogen-bond acceptors (Lipinski definition) is 23. The van der Waals surface area contributed by atoms with Crippen LogP contribution >= 0.6 is 0 Å². The Labute approximate surface area is 507 Å². The van der Waals surface area contributed by atoms with Crippen molar-refractivity contribution < 1.29 is 111 Å². The number of aliphatic hydroxyl groups excluding tert-OH is 8. The largest absolute Gasteiger partial charge is 0.504 e. The molecule has 33 heteroatoms. The minimum atomic E-state index is -5.35. The number of hydrogen-bond donors (Lipinski definition) is 16. The van der Waals surface area contributed by atoms with E-state index in [4.69, 9.17) is 15.0 Å². The molecule has 4 unspecified atom stereocenters. The highest BCUT2D eigenvalue weighted by Gasteiger charge is 2.51. The lowest BCUT2D eigenvalue weighted by molar-refractivity contribution is -0.149. The van der Waals surface area contributed by atoms with Gasteiger partial charge < -0.3 is 102 Å². The molecule has 32 nitrogen and oxygen atoms in total. The number of carbonyl (C=O) groups excluding carboxylic acids is 8. The summed E-state index contributed by atoms with van der Waals surface area (Å²) in [7, 11) is -5.35. The predicted octanol–water partition coefficient (Wildman–Crippen LogP) is -3.90. The average molecular weight is 1270 g/mol. The third-order valence-corrected chi connectivity index (χ3v) is 15.5. The number of ether oxygens (including phenoxy) is 1. The molecule has 7 rings (SSSR count). The van der Waals surface area contributed by atoms with Gasteiger partial charge in [0.2, 0.25) is 41.4 Å². The molecule has 17 N–H and O–H groups in total. The smallest absolute Gasteiger partial charge is 0.446 e. The highest BCUT2D eigenvalue weighted by Crippen LogP contribution is 2.34. The molecule has 3 aliphatic rings. The second kappa shape index (κ2) is 29.3. The summed E-state index contributed by atoms with van der Waals surface area (Å²) < 4.78 is 48.2. The monoisotopic (exact) mass is 1270 g/mol. The second-order valence-corrected chi connectivity index (χ2v) is 23.0. The van der Waals surface area contributed by atoms with Crippen molar-refractivity contribution in [3.8, 4) is 39.8 Å². The molecule has 0 bridgehead atoms. The minimum absolute atomic E-state index is 0.108. The van der Waals surface area contributed by atoms with Crippen LogP contribution in [0, 0.1) is 5.92 Å². The number of fused-ring (bicyclic) bond motifs is 2. The molecule has 484 valence electrons. The Morgan fingerprint density at radius 1 is 0.798 bits per heavy atom. The number of aromatic hydroxyl groups is 1. The number of aromatic nitrogens is 1. The molecule has 15 atom stereocenters. The summed E-state index contributed by atoms with van der Waals surface area (Å²) in [6, 6.07) is 3.53. The summed E-state index contributed by atoms with van der Waals surface area (Å²) in [5.74, 6) is -12.9. The lowest BCUT2D eigenvalue weighted by Gasteiger charge is -2.34. The molecular weight excluding hydrogens is 1200 g/mol. The van der Waals surface area contributed by atoms with E-state index in [0.717, 1.165) is 32.3 Å². The maximum Gasteiger partial charge on any atom is 0.446 e. The molecule has 1 aromatic heterocycles. The van der Waals surface area contributed by atoms with Crippen molar-refractivity contribution in [1.29, 1.82) is 0 Å². The van der Waals surface area contributed by atoms with E-state index in [-0.39, 0.29) is 5.56 Å². The van der Waals surface area contributed by atoms with Crippen LogP contribution in [0.3, 0.4) is 0 Å². The van der Waals surface area contributed by atoms with Gasteiger partial charge in [0.1, 0.15) is 66.0 Å². The molecule has 3 aromatic carbocycles. The van der Waals surface area contributed by atoms with Gasteiger partial charge in [-0.25, -0.2) is 0 Å². The summed E-state index contributed by atoms with van der Waals surface area (Å²) in [5, 5.41) is 116. The standard InChI is InChI=1S/C56H71N9O23S/c1-4-5-6-16-86-32-9-7-8-29(17-32)39-21-33(63-87-39)27-10-12-28(13-11-27)49(75)58-34-20-38(70)52(78)62-54(80)45-46(72)25(2)23-65(45)56(82)43(37(69)22-41(57)71)60-53(79)44(48(74)47(73)30-14-15-36(68)40(18-30)88-89(83,84)85)61-51(77)35-19-31(67)24-64(35)55(81)42(26(3)66)59-50(34)76/h7-15,17-18,21,25-26,31,34-35,37-38,42-48,52,66-70,72-74,78H,4-6,16,19-20,22-24H2,1-3H3,(H2,57,71)(H,58,75)(H,59,76)(H,60,79)(H,61,77)(H,62,80)(H,83,84,85)/t25?,26-,31+,34-,35-,37+,38-,42?,43-,44?,45-,46-,47-,48-,52?/m0/s1. The second-order valence-electron chi connectivity index (χ2n) is 21.9. The van der Waals surface area contributed by atoms with Crippen LogP contribution in [-0.4, -0.2) is 220 Å². The van der Waals surface area contributed by atoms with Crippen molar-refractivity contribution in [2.75, 3.05) is 19.7 Å². The van der Waals surface area contributed by atoms with Crippen molar-refractivity contribution >= 4 is 57.7 Å². The summed E-state index contributed by atoms with van der Waals surface area (Å²) in [5.41, 5.74) is 6.14. The number of rotatable bonds is 18. The number of nitrogens with two attached hydrogens (primary N) is 1. The highest BCUT2D eigenvalue weighted by atomic mass is 32.3. The lowest BCUT2D eigenvalue weighted by Crippen LogP contribution is -2.64. The maximum absolute atomic E-state index is 14.7. The molecule has 3 saturated heterocycles. The van der Waals surface area contributed by atoms with E-state index in [1.165, 1.54) is 31.2 Å². The Morgan fingerprint density at radius 3 is 2.13 bits per heavy atom. The zero-order valence-electron chi connectivity index (χ0n) is 48.1. The molecule has 3 aliphatic heterocycles. The molecule has 0 saturated carbocycles. The molecule has 3 fully saturated rings. The summed E-state index contributed by atoms with van der Waals surface area (Å²) in [4.78, 5) is 115. The summed E-state index contributed by atoms with van der Waals surface area (Å²) in [6.45, 7) is 3.69. The third-order valence-electron chi connectivity index (χ3n) is 15.2. The number of nitrogens with zero attached hydrogens (tertiary/aromatic N) is 3. The number of phenolic OH excluding ortho intramolecular Hbond substituents is 1. The van der Waals surface area contributed by atoms with Gasteiger partial charge in [-0.2, -0.15) is 8.42 Å². The molecule has 8 amide bonds. The van der Waals surface area contributed by atoms with Crippen molar-refractivity contribution in [1.82, 2.24) is 41.5 Å². The van der Waals surface area contributed by atoms with Gasteiger partial charge in [-0.3, -0.25) is 42.9 Å². The first-order valence-electron chi connectivity index (χ1n) is 28.1. The molecule has 4 heterocycles. The van der Waals surface area contributed by atoms with E-state index in [9.17, 15) is 97.3 Å². The van der Waals surface area contributed by atoms with Crippen LogP contribution in [-0.2, 0) is 44.0 Å². The fraction of sp³-hybridized carbons (Fsp3) is 0.482. The zero-order chi connectivity index (χ0) is 65.3. The predicted molar refractivity (Wildman–Crippen MR) is 304 cm³/mol. The quantitative estimate of drug-likeness (QED) is 0.0334. The number of phenols is 1. The third kappa shape index (κ3) is 16.9. The minimum Gasteiger partial charge on any atom is -0.504 e. The first kappa shape index (κ1) is 68.1. The van der Waals surface area contributed by atoms with Gasteiger partial charge in [0.25, 0.3) is 5.91 Å². The van der Waals surface area contributed by atoms with Crippen LogP contribution in [0.1, 0.15) is 81.3 Å². The molecule has 0 radical (unpaired) electrons. The van der Waals surface area contributed by atoms with Gasteiger partial charge in [-0.05, 0) is 55.3 Å². The van der Waals surface area contributed by atoms with E-state index in [1.54, 1.807) is 24.3 Å². The molecular formula is C56H71N9O23S. The maximum atomic E-state index is 14.7. The molecule has 0 spiro atoms. The van der Waals surface area contributed by atoms with Crippen molar-refractivity contribution in [3.63, 3.8) is 0 Å². The SMILES string of the molecule is CCCCCOc1cccc(-c2cc(-c3ccc(C(=O)N[C@H]4C[C@H](O)C(O)NC(=O)[C@@H]5[C@@H](O)C(C)CN5C(=O)[C@H]([C@H](O)CC(N)=O)NC(=O)C([C@H](O)[C@@H](O)c5ccc(O)c(OS(=O)(=O)O)c5)NC(=O)[C@@H]5C[C@@H](O)CN5C(=O)C([C@H](C)O)NC4=O)cc3)no2)c1. The Morgan fingerprint density at radius 2 is 1.47 bits per heavy atom. The van der Waals surface area contributed by atoms with Gasteiger partial charge in [0, 0.05) is 54.6 Å². The summed E-state index contributed by atoms with van der Waals surface area (Å²) >= 11 is 0. The van der Waals surface area contributed by atoms with E-state index in [1.807, 2.05) is 16.7 Å². The number of carbonyl (C=O) groups is 8. The molecule has 0 aliphatic carbocycles. The Bertz CT molecular complexity index is 3350. The number of unbranched alkanes of at least 4 members (excludes halogenated alkanes) is 2. The highest BCUT2D eigenvalue weighted by molar-refractivity contribution is 7.81. The van der Waals surface area contributed by atoms with Gasteiger partial charge in [0.05, 0.1) is 37.4 Å². The van der Waals surface area contributed by atoms with E-state index < -0.39 is 198 Å². The fourth-order valence-electron chi connectivity index (χ4n) is 10.4. The zero-order valence-corrected chi connectivity index (χ0v) is 48.9. The van der Waals surface area contributed by atoms with Gasteiger partial charge in [-0.1, -0.05) is 62.2 Å². The fourth-order valence-corrected chi connectivity index (χ4v) is 10.7. The van der Waals surface area contributed by atoms with Gasteiger partial charge in [-0.15, -0.1) is 0 Å². The number of amides is 8. The van der Waals surface area contributed by atoms with Crippen LogP contribution in [0.25, 0.3) is 22.6 Å². The summed E-state index contributed by atoms with van der Waals surface area (Å²) in [6.07, 6.45) is -17.4. The van der Waals surface area contributed by atoms with Crippen LogP contribution in [0.2, 0.25) is 0 Å². The Hall–Kier alpha value is -8.38. The Balaban J connectivity index is 1.23. The van der Waals surface area contributed by atoms with Gasteiger partial charge in [0.15, 0.2) is 23.5 Å². The van der Waals surface area contributed by atoms with Crippen molar-refractivity contribution in [2.45, 2.75) is 145 Å². The number of primary amides is 1. The number of benzene rings is 3. The van der Waals surface area contributed by atoms with Crippen molar-refractivity contribution in [2.24, 2.45) is 11.7 Å². The van der Waals surface area contributed by atoms with Crippen molar-refractivity contribution in [3.05, 3.63) is 83.9 Å².